The van der Waals surface area contributed by atoms with E-state index in [2.05, 4.69) is 26.3 Å². The second-order valence-corrected chi connectivity index (χ2v) is 6.05. The molecule has 1 fully saturated rings. The van der Waals surface area contributed by atoms with Gasteiger partial charge in [-0.1, -0.05) is 24.3 Å². The normalized spacial score (nSPS) is 16.0. The number of nitrogens with zero attached hydrogens (tertiary/aromatic N) is 3. The summed E-state index contributed by atoms with van der Waals surface area (Å²) in [5, 5.41) is 12.5. The Bertz CT molecular complexity index is 670. The number of carbonyl (C=O) groups excluding carboxylic acids is 1. The SMILES string of the molecule is O=C(NCc1ccccc1CN1CCC(O)CC1)c1cnccn1. The zero-order chi connectivity index (χ0) is 16.8. The molecule has 6 heteroatoms. The van der Waals surface area contributed by atoms with Crippen molar-refractivity contribution in [2.75, 3.05) is 13.1 Å². The molecule has 1 aliphatic rings. The average Bonchev–Trinajstić information content (AvgIpc) is 2.63. The average molecular weight is 326 g/mol. The number of carbonyl (C=O) groups is 1. The summed E-state index contributed by atoms with van der Waals surface area (Å²) in [6, 6.07) is 8.12. The van der Waals surface area contributed by atoms with Gasteiger partial charge in [-0.3, -0.25) is 14.7 Å². The number of rotatable bonds is 5. The van der Waals surface area contributed by atoms with E-state index in [0.29, 0.717) is 12.2 Å². The van der Waals surface area contributed by atoms with Gasteiger partial charge in [-0.25, -0.2) is 4.98 Å². The van der Waals surface area contributed by atoms with Gasteiger partial charge >= 0.3 is 0 Å². The minimum atomic E-state index is -0.223. The van der Waals surface area contributed by atoms with E-state index < -0.39 is 0 Å². The highest BCUT2D eigenvalue weighted by Gasteiger charge is 2.18. The van der Waals surface area contributed by atoms with Gasteiger partial charge in [0.05, 0.1) is 12.3 Å². The second-order valence-electron chi connectivity index (χ2n) is 6.05. The molecule has 1 aromatic carbocycles. The lowest BCUT2D eigenvalue weighted by molar-refractivity contribution is 0.0790. The van der Waals surface area contributed by atoms with E-state index in [-0.39, 0.29) is 12.0 Å². The molecule has 1 aliphatic heterocycles. The fraction of sp³-hybridized carbons (Fsp3) is 0.389. The van der Waals surface area contributed by atoms with Crippen LogP contribution in [0.25, 0.3) is 0 Å². The summed E-state index contributed by atoms with van der Waals surface area (Å²) in [5.74, 6) is -0.223. The Balaban J connectivity index is 1.61. The van der Waals surface area contributed by atoms with Crippen LogP contribution in [0, 0.1) is 0 Å². The number of aliphatic hydroxyl groups is 1. The number of piperidine rings is 1. The smallest absolute Gasteiger partial charge is 0.271 e. The van der Waals surface area contributed by atoms with Gasteiger partial charge in [0.25, 0.3) is 5.91 Å². The van der Waals surface area contributed by atoms with E-state index >= 15 is 0 Å². The Morgan fingerprint density at radius 2 is 1.96 bits per heavy atom. The summed E-state index contributed by atoms with van der Waals surface area (Å²) in [5.41, 5.74) is 2.62. The highest BCUT2D eigenvalue weighted by atomic mass is 16.3. The quantitative estimate of drug-likeness (QED) is 0.867. The lowest BCUT2D eigenvalue weighted by Crippen LogP contribution is -2.35. The molecular formula is C18H22N4O2. The largest absolute Gasteiger partial charge is 0.393 e. The van der Waals surface area contributed by atoms with Crippen molar-refractivity contribution < 1.29 is 9.90 Å². The van der Waals surface area contributed by atoms with Crippen molar-refractivity contribution in [3.8, 4) is 0 Å². The van der Waals surface area contributed by atoms with Crippen LogP contribution >= 0.6 is 0 Å². The van der Waals surface area contributed by atoms with Gasteiger partial charge in [-0.05, 0) is 24.0 Å². The van der Waals surface area contributed by atoms with Crippen molar-refractivity contribution in [1.82, 2.24) is 20.2 Å². The maximum Gasteiger partial charge on any atom is 0.271 e. The van der Waals surface area contributed by atoms with Crippen molar-refractivity contribution >= 4 is 5.91 Å². The molecule has 3 rings (SSSR count). The molecular weight excluding hydrogens is 304 g/mol. The van der Waals surface area contributed by atoms with Crippen LogP contribution < -0.4 is 5.32 Å². The summed E-state index contributed by atoms with van der Waals surface area (Å²) in [7, 11) is 0. The lowest BCUT2D eigenvalue weighted by atomic mass is 10.0. The highest BCUT2D eigenvalue weighted by Crippen LogP contribution is 2.16. The number of nitrogens with one attached hydrogen (secondary N) is 1. The van der Waals surface area contributed by atoms with E-state index in [1.807, 2.05) is 18.2 Å². The standard InChI is InChI=1S/C18H22N4O2/c23-16-5-9-22(10-6-16)13-15-4-2-1-3-14(15)11-21-18(24)17-12-19-7-8-20-17/h1-4,7-8,12,16,23H,5-6,9-11,13H2,(H,21,24). The number of aliphatic hydroxyl groups excluding tert-OH is 1. The Labute approximate surface area is 141 Å². The molecule has 0 unspecified atom stereocenters. The first-order valence-electron chi connectivity index (χ1n) is 8.24. The summed E-state index contributed by atoms with van der Waals surface area (Å²) in [6.07, 6.45) is 6.00. The monoisotopic (exact) mass is 326 g/mol. The lowest BCUT2D eigenvalue weighted by Gasteiger charge is -2.30. The Kier molecular flexibility index (Phi) is 5.51. The van der Waals surface area contributed by atoms with Gasteiger partial charge in [-0.15, -0.1) is 0 Å². The van der Waals surface area contributed by atoms with Crippen LogP contribution in [0.4, 0.5) is 0 Å². The van der Waals surface area contributed by atoms with Crippen LogP contribution in [-0.2, 0) is 13.1 Å². The van der Waals surface area contributed by atoms with Crippen molar-refractivity contribution in [2.45, 2.75) is 32.0 Å². The third-order valence-electron chi connectivity index (χ3n) is 4.30. The van der Waals surface area contributed by atoms with Gasteiger partial charge in [0.1, 0.15) is 5.69 Å². The zero-order valence-corrected chi connectivity index (χ0v) is 13.6. The molecule has 126 valence electrons. The van der Waals surface area contributed by atoms with Crippen LogP contribution in [0.15, 0.2) is 42.9 Å². The number of benzene rings is 1. The fourth-order valence-electron chi connectivity index (χ4n) is 2.88. The molecule has 24 heavy (non-hydrogen) atoms. The first-order valence-corrected chi connectivity index (χ1v) is 8.24. The molecule has 0 aliphatic carbocycles. The molecule has 2 heterocycles. The van der Waals surface area contributed by atoms with Crippen LogP contribution in [-0.4, -0.2) is 45.1 Å². The zero-order valence-electron chi connectivity index (χ0n) is 13.6. The Morgan fingerprint density at radius 1 is 1.21 bits per heavy atom. The van der Waals surface area contributed by atoms with E-state index in [1.165, 1.54) is 18.0 Å². The first kappa shape index (κ1) is 16.5. The molecule has 1 amide bonds. The van der Waals surface area contributed by atoms with E-state index in [9.17, 15) is 9.90 Å². The van der Waals surface area contributed by atoms with E-state index in [0.717, 1.165) is 38.0 Å². The van der Waals surface area contributed by atoms with Gasteiger partial charge in [0.2, 0.25) is 0 Å². The maximum absolute atomic E-state index is 12.1. The van der Waals surface area contributed by atoms with Crippen molar-refractivity contribution in [3.63, 3.8) is 0 Å². The van der Waals surface area contributed by atoms with Crippen LogP contribution in [0.1, 0.15) is 34.5 Å². The minimum Gasteiger partial charge on any atom is -0.393 e. The van der Waals surface area contributed by atoms with Crippen LogP contribution in [0.5, 0.6) is 0 Å². The van der Waals surface area contributed by atoms with E-state index in [1.54, 1.807) is 6.20 Å². The van der Waals surface area contributed by atoms with Gasteiger partial charge < -0.3 is 10.4 Å². The number of amides is 1. The first-order chi connectivity index (χ1) is 11.7. The molecule has 0 bridgehead atoms. The van der Waals surface area contributed by atoms with Gasteiger partial charge in [0.15, 0.2) is 0 Å². The number of hydrogen-bond acceptors (Lipinski definition) is 5. The summed E-state index contributed by atoms with van der Waals surface area (Å²) < 4.78 is 0. The third kappa shape index (κ3) is 4.37. The molecule has 6 nitrogen and oxygen atoms in total. The summed E-state index contributed by atoms with van der Waals surface area (Å²) in [4.78, 5) is 22.4. The molecule has 2 N–H and O–H groups in total. The third-order valence-corrected chi connectivity index (χ3v) is 4.30. The second kappa shape index (κ2) is 7.99. The Hall–Kier alpha value is -2.31. The highest BCUT2D eigenvalue weighted by molar-refractivity contribution is 5.91. The summed E-state index contributed by atoms with van der Waals surface area (Å²) in [6.45, 7) is 3.11. The number of likely N-dealkylation sites (tertiary alicyclic amines) is 1. The van der Waals surface area contributed by atoms with Crippen LogP contribution in [0.2, 0.25) is 0 Å². The number of aromatic nitrogens is 2. The number of hydrogen-bond donors (Lipinski definition) is 2. The predicted molar refractivity (Wildman–Crippen MR) is 90.2 cm³/mol. The molecule has 0 atom stereocenters. The van der Waals surface area contributed by atoms with E-state index in [4.69, 9.17) is 0 Å². The molecule has 0 saturated carbocycles. The topological polar surface area (TPSA) is 78.4 Å². The van der Waals surface area contributed by atoms with Crippen LogP contribution in [0.3, 0.4) is 0 Å². The molecule has 0 spiro atoms. The van der Waals surface area contributed by atoms with Crippen molar-refractivity contribution in [2.24, 2.45) is 0 Å². The Morgan fingerprint density at radius 3 is 2.67 bits per heavy atom. The fourth-order valence-corrected chi connectivity index (χ4v) is 2.88. The molecule has 0 radical (unpaired) electrons. The molecule has 2 aromatic rings. The van der Waals surface area contributed by atoms with Crippen molar-refractivity contribution in [1.29, 1.82) is 0 Å². The van der Waals surface area contributed by atoms with Crippen molar-refractivity contribution in [3.05, 3.63) is 59.7 Å². The maximum atomic E-state index is 12.1. The molecule has 1 aromatic heterocycles. The predicted octanol–water partition coefficient (Wildman–Crippen LogP) is 1.36. The van der Waals surface area contributed by atoms with Gasteiger partial charge in [0, 0.05) is 38.6 Å². The van der Waals surface area contributed by atoms with Gasteiger partial charge in [-0.2, -0.15) is 0 Å². The minimum absolute atomic E-state index is 0.164. The molecule has 1 saturated heterocycles. The summed E-state index contributed by atoms with van der Waals surface area (Å²) >= 11 is 0.